The fourth-order valence-corrected chi connectivity index (χ4v) is 3.71. The van der Waals surface area contributed by atoms with Crippen molar-refractivity contribution in [3.8, 4) is 0 Å². The second kappa shape index (κ2) is 5.08. The number of amides is 1. The number of carboxylic acids is 1. The van der Waals surface area contributed by atoms with Crippen LogP contribution in [0.3, 0.4) is 0 Å². The van der Waals surface area contributed by atoms with Gasteiger partial charge in [0.05, 0.1) is 28.9 Å². The number of carboxylic acid groups (broad SMARTS) is 1. The van der Waals surface area contributed by atoms with Crippen molar-refractivity contribution in [2.45, 2.75) is 25.3 Å². The molecule has 1 N–H and O–H groups in total. The number of aromatic nitrogens is 2. The Bertz CT molecular complexity index is 797. The second-order valence-electron chi connectivity index (χ2n) is 6.49. The van der Waals surface area contributed by atoms with Gasteiger partial charge in [-0.25, -0.2) is 4.98 Å². The average Bonchev–Trinajstić information content (AvgIpc) is 3.10. The minimum atomic E-state index is -0.859. The Morgan fingerprint density at radius 1 is 1.26 bits per heavy atom. The van der Waals surface area contributed by atoms with Gasteiger partial charge in [-0.15, -0.1) is 0 Å². The van der Waals surface area contributed by atoms with Crippen LogP contribution in [0, 0.1) is 11.8 Å². The number of imidazole rings is 1. The number of likely N-dealkylation sites (tertiary alicyclic amines) is 1. The van der Waals surface area contributed by atoms with Crippen LogP contribution in [0.15, 0.2) is 24.3 Å². The van der Waals surface area contributed by atoms with Gasteiger partial charge in [0.25, 0.3) is 0 Å². The first kappa shape index (κ1) is 14.2. The maximum absolute atomic E-state index is 12.7. The molecule has 0 radical (unpaired) electrons. The molecule has 23 heavy (non-hydrogen) atoms. The molecule has 2 heterocycles. The Kier molecular flexibility index (Phi) is 3.14. The largest absolute Gasteiger partial charge is 0.481 e. The van der Waals surface area contributed by atoms with E-state index >= 15 is 0 Å². The number of carbonyl (C=O) groups is 2. The van der Waals surface area contributed by atoms with E-state index in [2.05, 4.69) is 0 Å². The van der Waals surface area contributed by atoms with Gasteiger partial charge in [-0.05, 0) is 31.4 Å². The molecule has 4 rings (SSSR count). The molecule has 6 heteroatoms. The zero-order valence-electron chi connectivity index (χ0n) is 13.0. The highest BCUT2D eigenvalue weighted by Crippen LogP contribution is 2.43. The van der Waals surface area contributed by atoms with Gasteiger partial charge >= 0.3 is 5.97 Å². The second-order valence-corrected chi connectivity index (χ2v) is 6.49. The number of rotatable bonds is 3. The predicted molar refractivity (Wildman–Crippen MR) is 83.6 cm³/mol. The highest BCUT2D eigenvalue weighted by molar-refractivity contribution is 5.90. The maximum Gasteiger partial charge on any atom is 0.307 e. The normalized spacial score (nSPS) is 26.7. The summed E-state index contributed by atoms with van der Waals surface area (Å²) in [7, 11) is 1.98. The average molecular weight is 313 g/mol. The van der Waals surface area contributed by atoms with Gasteiger partial charge < -0.3 is 14.6 Å². The van der Waals surface area contributed by atoms with Crippen molar-refractivity contribution in [1.82, 2.24) is 14.5 Å². The van der Waals surface area contributed by atoms with Crippen LogP contribution in [0.25, 0.3) is 11.0 Å². The van der Waals surface area contributed by atoms with Crippen molar-refractivity contribution in [3.63, 3.8) is 0 Å². The Morgan fingerprint density at radius 3 is 2.74 bits per heavy atom. The fourth-order valence-electron chi connectivity index (χ4n) is 3.71. The highest BCUT2D eigenvalue weighted by Gasteiger charge is 2.51. The van der Waals surface area contributed by atoms with Crippen LogP contribution in [-0.4, -0.2) is 38.0 Å². The molecule has 1 aromatic carbocycles. The number of hydrogen-bond acceptors (Lipinski definition) is 3. The van der Waals surface area contributed by atoms with E-state index in [1.807, 2.05) is 40.8 Å². The molecule has 2 aliphatic rings. The summed E-state index contributed by atoms with van der Waals surface area (Å²) < 4.78 is 2.05. The first-order chi connectivity index (χ1) is 11.1. The molecule has 1 saturated heterocycles. The van der Waals surface area contributed by atoms with Gasteiger partial charge in [0.2, 0.25) is 5.91 Å². The lowest BCUT2D eigenvalue weighted by atomic mass is 10.2. The van der Waals surface area contributed by atoms with E-state index in [-0.39, 0.29) is 17.9 Å². The van der Waals surface area contributed by atoms with Crippen molar-refractivity contribution in [1.29, 1.82) is 0 Å². The van der Waals surface area contributed by atoms with Crippen molar-refractivity contribution in [2.75, 3.05) is 6.54 Å². The number of para-hydroxylation sites is 2. The summed E-state index contributed by atoms with van der Waals surface area (Å²) in [6.45, 7) is 0.690. The van der Waals surface area contributed by atoms with E-state index in [9.17, 15) is 9.59 Å². The molecule has 2 fully saturated rings. The number of nitrogens with zero attached hydrogens (tertiary/aromatic N) is 3. The summed E-state index contributed by atoms with van der Waals surface area (Å²) in [5.74, 6) is -0.828. The quantitative estimate of drug-likeness (QED) is 0.940. The topological polar surface area (TPSA) is 75.4 Å². The van der Waals surface area contributed by atoms with Crippen LogP contribution < -0.4 is 0 Å². The van der Waals surface area contributed by atoms with Crippen molar-refractivity contribution < 1.29 is 14.7 Å². The van der Waals surface area contributed by atoms with Gasteiger partial charge in [0, 0.05) is 13.6 Å². The van der Waals surface area contributed by atoms with Crippen molar-refractivity contribution in [3.05, 3.63) is 30.1 Å². The third-order valence-electron chi connectivity index (χ3n) is 5.08. The fraction of sp³-hybridized carbons (Fsp3) is 0.471. The zero-order valence-corrected chi connectivity index (χ0v) is 13.0. The highest BCUT2D eigenvalue weighted by atomic mass is 16.4. The van der Waals surface area contributed by atoms with Gasteiger partial charge in [-0.1, -0.05) is 12.1 Å². The molecule has 1 aliphatic heterocycles. The third kappa shape index (κ3) is 2.20. The van der Waals surface area contributed by atoms with Crippen LogP contribution in [0.2, 0.25) is 0 Å². The van der Waals surface area contributed by atoms with Gasteiger partial charge in [0.1, 0.15) is 5.82 Å². The summed E-state index contributed by atoms with van der Waals surface area (Å²) in [6.07, 6.45) is 2.29. The smallest absolute Gasteiger partial charge is 0.307 e. The lowest BCUT2D eigenvalue weighted by Gasteiger charge is -2.24. The minimum Gasteiger partial charge on any atom is -0.481 e. The van der Waals surface area contributed by atoms with E-state index in [0.29, 0.717) is 13.0 Å². The molecular weight excluding hydrogens is 294 g/mol. The van der Waals surface area contributed by atoms with E-state index in [1.165, 1.54) is 0 Å². The molecule has 6 nitrogen and oxygen atoms in total. The van der Waals surface area contributed by atoms with Crippen LogP contribution in [-0.2, 0) is 16.6 Å². The third-order valence-corrected chi connectivity index (χ3v) is 5.08. The Balaban J connectivity index is 1.63. The van der Waals surface area contributed by atoms with Gasteiger partial charge in [0.15, 0.2) is 0 Å². The van der Waals surface area contributed by atoms with Crippen LogP contribution >= 0.6 is 0 Å². The molecule has 1 amide bonds. The summed E-state index contributed by atoms with van der Waals surface area (Å²) in [5.41, 5.74) is 1.98. The molecule has 1 aromatic heterocycles. The summed E-state index contributed by atoms with van der Waals surface area (Å²) >= 11 is 0. The standard InChI is InChI=1S/C17H19N3O3/c1-19-13-6-3-2-5-12(13)18-15(19)14-7-4-8-20(14)16(21)10-9-11(10)17(22)23/h2-3,5-6,10-11,14H,4,7-9H2,1H3,(H,22,23). The Labute approximate surface area is 133 Å². The number of hydrogen-bond donors (Lipinski definition) is 1. The van der Waals surface area contributed by atoms with Crippen molar-refractivity contribution in [2.24, 2.45) is 18.9 Å². The van der Waals surface area contributed by atoms with Crippen molar-refractivity contribution >= 4 is 22.9 Å². The molecule has 3 atom stereocenters. The molecule has 0 bridgehead atoms. The monoisotopic (exact) mass is 313 g/mol. The number of aryl methyl sites for hydroxylation is 1. The van der Waals surface area contributed by atoms with Crippen LogP contribution in [0.1, 0.15) is 31.1 Å². The van der Waals surface area contributed by atoms with Crippen LogP contribution in [0.4, 0.5) is 0 Å². The molecule has 0 spiro atoms. The maximum atomic E-state index is 12.7. The number of aliphatic carboxylic acids is 1. The summed E-state index contributed by atoms with van der Waals surface area (Å²) in [6, 6.07) is 7.89. The molecular formula is C17H19N3O3. The van der Waals surface area contributed by atoms with E-state index < -0.39 is 11.9 Å². The Morgan fingerprint density at radius 2 is 2.04 bits per heavy atom. The Hall–Kier alpha value is -2.37. The number of benzene rings is 1. The lowest BCUT2D eigenvalue weighted by Crippen LogP contribution is -2.33. The van der Waals surface area contributed by atoms with Gasteiger partial charge in [-0.3, -0.25) is 9.59 Å². The zero-order chi connectivity index (χ0) is 16.1. The molecule has 2 aromatic rings. The number of fused-ring (bicyclic) bond motifs is 1. The minimum absolute atomic E-state index is 0.0213. The molecule has 1 saturated carbocycles. The summed E-state index contributed by atoms with van der Waals surface area (Å²) in [5, 5.41) is 9.05. The number of carbonyl (C=O) groups excluding carboxylic acids is 1. The lowest BCUT2D eigenvalue weighted by molar-refractivity contribution is -0.142. The van der Waals surface area contributed by atoms with E-state index in [1.54, 1.807) is 0 Å². The predicted octanol–water partition coefficient (Wildman–Crippen LogP) is 1.96. The first-order valence-corrected chi connectivity index (χ1v) is 8.02. The van der Waals surface area contributed by atoms with Gasteiger partial charge in [-0.2, -0.15) is 0 Å². The van der Waals surface area contributed by atoms with Crippen LogP contribution in [0.5, 0.6) is 0 Å². The molecule has 1 aliphatic carbocycles. The molecule has 120 valence electrons. The molecule has 3 unspecified atom stereocenters. The first-order valence-electron chi connectivity index (χ1n) is 8.02. The summed E-state index contributed by atoms with van der Waals surface area (Å²) in [4.78, 5) is 30.2. The van der Waals surface area contributed by atoms with E-state index in [4.69, 9.17) is 10.1 Å². The van der Waals surface area contributed by atoms with E-state index in [0.717, 1.165) is 29.7 Å². The SMILES string of the molecule is Cn1c(C2CCCN2C(=O)C2CC2C(=O)O)nc2ccccc21.